The van der Waals surface area contributed by atoms with Gasteiger partial charge in [0.05, 0.1) is 7.11 Å². The van der Waals surface area contributed by atoms with Crippen LogP contribution in [0.3, 0.4) is 0 Å². The largest absolute Gasteiger partial charge is 0.469 e. The van der Waals surface area contributed by atoms with E-state index in [-0.39, 0.29) is 12.0 Å². The lowest BCUT2D eigenvalue weighted by molar-refractivity contribution is -0.140. The fourth-order valence-electron chi connectivity index (χ4n) is 1.44. The molecule has 1 rings (SSSR count). The minimum absolute atomic E-state index is 0.0101. The molecule has 15 heavy (non-hydrogen) atoms. The number of ether oxygens (including phenoxy) is 1. The molecular weight excluding hydrogens is 190 g/mol. The predicted octanol–water partition coefficient (Wildman–Crippen LogP) is 2.03. The maximum atomic E-state index is 10.9. The molecule has 1 unspecified atom stereocenters. The Balaban J connectivity index is 2.31. The van der Waals surface area contributed by atoms with Crippen LogP contribution in [0.25, 0.3) is 0 Å². The summed E-state index contributed by atoms with van der Waals surface area (Å²) in [4.78, 5) is 10.9. The fraction of sp³-hybridized carbons (Fsp3) is 0.417. The molecule has 3 nitrogen and oxygen atoms in total. The molecule has 0 amide bonds. The van der Waals surface area contributed by atoms with Gasteiger partial charge in [0, 0.05) is 12.5 Å². The lowest BCUT2D eigenvalue weighted by Gasteiger charge is -2.10. The van der Waals surface area contributed by atoms with Gasteiger partial charge in [0.1, 0.15) is 0 Å². The summed E-state index contributed by atoms with van der Waals surface area (Å²) >= 11 is 0. The van der Waals surface area contributed by atoms with Crippen molar-refractivity contribution >= 4 is 5.97 Å². The molecule has 1 aromatic carbocycles. The third kappa shape index (κ3) is 4.13. The van der Waals surface area contributed by atoms with Gasteiger partial charge in [-0.1, -0.05) is 30.3 Å². The van der Waals surface area contributed by atoms with E-state index in [9.17, 15) is 4.79 Å². The summed E-state index contributed by atoms with van der Waals surface area (Å²) in [6, 6.07) is 9.91. The summed E-state index contributed by atoms with van der Waals surface area (Å²) in [7, 11) is 1.40. The first kappa shape index (κ1) is 11.7. The molecule has 3 heteroatoms. The number of carbonyl (C=O) groups excluding carboxylic acids is 1. The summed E-state index contributed by atoms with van der Waals surface area (Å²) in [5.41, 5.74) is 7.08. The highest BCUT2D eigenvalue weighted by Gasteiger charge is 2.06. The molecule has 1 aromatic rings. The SMILES string of the molecule is COC(=O)CCCC(N)c1ccccc1. The quantitative estimate of drug-likeness (QED) is 0.751. The number of methoxy groups -OCH3 is 1. The maximum absolute atomic E-state index is 10.9. The van der Waals surface area contributed by atoms with Gasteiger partial charge >= 0.3 is 5.97 Å². The number of carbonyl (C=O) groups is 1. The summed E-state index contributed by atoms with van der Waals surface area (Å²) in [5, 5.41) is 0. The van der Waals surface area contributed by atoms with Gasteiger partial charge in [-0.3, -0.25) is 4.79 Å². The minimum Gasteiger partial charge on any atom is -0.469 e. The second-order valence-corrected chi connectivity index (χ2v) is 3.49. The molecule has 0 aliphatic heterocycles. The average Bonchev–Trinajstić information content (AvgIpc) is 2.29. The van der Waals surface area contributed by atoms with E-state index >= 15 is 0 Å². The molecule has 0 saturated heterocycles. The van der Waals surface area contributed by atoms with Gasteiger partial charge in [-0.05, 0) is 18.4 Å². The summed E-state index contributed by atoms with van der Waals surface area (Å²) in [6.07, 6.45) is 2.01. The number of hydrogen-bond donors (Lipinski definition) is 1. The Hall–Kier alpha value is -1.35. The zero-order chi connectivity index (χ0) is 11.1. The Bertz CT molecular complexity index is 298. The van der Waals surface area contributed by atoms with Crippen molar-refractivity contribution in [2.75, 3.05) is 7.11 Å². The van der Waals surface area contributed by atoms with Crippen LogP contribution in [-0.4, -0.2) is 13.1 Å². The van der Waals surface area contributed by atoms with Crippen molar-refractivity contribution < 1.29 is 9.53 Å². The lowest BCUT2D eigenvalue weighted by atomic mass is 10.0. The fourth-order valence-corrected chi connectivity index (χ4v) is 1.44. The van der Waals surface area contributed by atoms with Crippen LogP contribution in [0.4, 0.5) is 0 Å². The highest BCUT2D eigenvalue weighted by Crippen LogP contribution is 2.16. The maximum Gasteiger partial charge on any atom is 0.305 e. The molecule has 0 radical (unpaired) electrons. The summed E-state index contributed by atoms with van der Waals surface area (Å²) < 4.78 is 4.56. The number of esters is 1. The summed E-state index contributed by atoms with van der Waals surface area (Å²) in [5.74, 6) is -0.171. The predicted molar refractivity (Wildman–Crippen MR) is 59.2 cm³/mol. The van der Waals surface area contributed by atoms with Gasteiger partial charge in [-0.25, -0.2) is 0 Å². The summed E-state index contributed by atoms with van der Waals surface area (Å²) in [6.45, 7) is 0. The van der Waals surface area contributed by atoms with E-state index in [4.69, 9.17) is 5.73 Å². The topological polar surface area (TPSA) is 52.3 Å². The molecule has 1 atom stereocenters. The molecule has 0 bridgehead atoms. The Morgan fingerprint density at radius 2 is 2.07 bits per heavy atom. The second kappa shape index (κ2) is 6.19. The van der Waals surface area contributed by atoms with Gasteiger partial charge in [0.15, 0.2) is 0 Å². The van der Waals surface area contributed by atoms with Crippen LogP contribution in [0.5, 0.6) is 0 Å². The van der Waals surface area contributed by atoms with Crippen LogP contribution < -0.4 is 5.73 Å². The Morgan fingerprint density at radius 1 is 1.40 bits per heavy atom. The van der Waals surface area contributed by atoms with E-state index in [1.807, 2.05) is 30.3 Å². The van der Waals surface area contributed by atoms with Crippen LogP contribution in [0.15, 0.2) is 30.3 Å². The first-order chi connectivity index (χ1) is 7.24. The third-order valence-corrected chi connectivity index (χ3v) is 2.35. The van der Waals surface area contributed by atoms with E-state index in [1.54, 1.807) is 0 Å². The van der Waals surface area contributed by atoms with Crippen molar-refractivity contribution in [2.24, 2.45) is 5.73 Å². The molecule has 0 aliphatic carbocycles. The van der Waals surface area contributed by atoms with Crippen molar-refractivity contribution in [1.29, 1.82) is 0 Å². The second-order valence-electron chi connectivity index (χ2n) is 3.49. The van der Waals surface area contributed by atoms with E-state index in [1.165, 1.54) is 7.11 Å². The first-order valence-corrected chi connectivity index (χ1v) is 5.11. The smallest absolute Gasteiger partial charge is 0.305 e. The van der Waals surface area contributed by atoms with Crippen LogP contribution in [0.1, 0.15) is 30.9 Å². The highest BCUT2D eigenvalue weighted by molar-refractivity contribution is 5.68. The van der Waals surface area contributed by atoms with Crippen molar-refractivity contribution in [1.82, 2.24) is 0 Å². The highest BCUT2D eigenvalue weighted by atomic mass is 16.5. The normalized spacial score (nSPS) is 12.1. The average molecular weight is 207 g/mol. The van der Waals surface area contributed by atoms with E-state index in [0.717, 1.165) is 18.4 Å². The van der Waals surface area contributed by atoms with Gasteiger partial charge in [-0.2, -0.15) is 0 Å². The lowest BCUT2D eigenvalue weighted by Crippen LogP contribution is -2.11. The van der Waals surface area contributed by atoms with Crippen molar-refractivity contribution in [2.45, 2.75) is 25.3 Å². The van der Waals surface area contributed by atoms with Gasteiger partial charge in [-0.15, -0.1) is 0 Å². The number of nitrogens with two attached hydrogens (primary N) is 1. The van der Waals surface area contributed by atoms with E-state index in [2.05, 4.69) is 4.74 Å². The van der Waals surface area contributed by atoms with Gasteiger partial charge in [0.25, 0.3) is 0 Å². The monoisotopic (exact) mass is 207 g/mol. The van der Waals surface area contributed by atoms with Gasteiger partial charge < -0.3 is 10.5 Å². The number of rotatable bonds is 5. The number of benzene rings is 1. The Labute approximate surface area is 90.2 Å². The molecule has 0 aromatic heterocycles. The van der Waals surface area contributed by atoms with E-state index in [0.29, 0.717) is 6.42 Å². The molecular formula is C12H17NO2. The van der Waals surface area contributed by atoms with Crippen LogP contribution >= 0.6 is 0 Å². The third-order valence-electron chi connectivity index (χ3n) is 2.35. The minimum atomic E-state index is -0.171. The van der Waals surface area contributed by atoms with Crippen molar-refractivity contribution in [3.63, 3.8) is 0 Å². The molecule has 0 heterocycles. The molecule has 0 aliphatic rings. The van der Waals surface area contributed by atoms with Crippen LogP contribution in [0.2, 0.25) is 0 Å². The van der Waals surface area contributed by atoms with Crippen LogP contribution in [-0.2, 0) is 9.53 Å². The molecule has 82 valence electrons. The molecule has 0 spiro atoms. The zero-order valence-corrected chi connectivity index (χ0v) is 8.98. The molecule has 0 saturated carbocycles. The standard InChI is InChI=1S/C12H17NO2/c1-15-12(14)9-5-8-11(13)10-6-3-2-4-7-10/h2-4,6-7,11H,5,8-9,13H2,1H3. The zero-order valence-electron chi connectivity index (χ0n) is 8.98. The Morgan fingerprint density at radius 3 is 2.67 bits per heavy atom. The van der Waals surface area contributed by atoms with Crippen molar-refractivity contribution in [3.8, 4) is 0 Å². The first-order valence-electron chi connectivity index (χ1n) is 5.11. The Kier molecular flexibility index (Phi) is 4.84. The molecule has 2 N–H and O–H groups in total. The van der Waals surface area contributed by atoms with Crippen LogP contribution in [0, 0.1) is 0 Å². The van der Waals surface area contributed by atoms with E-state index < -0.39 is 0 Å². The van der Waals surface area contributed by atoms with Crippen molar-refractivity contribution in [3.05, 3.63) is 35.9 Å². The molecule has 0 fully saturated rings. The number of hydrogen-bond acceptors (Lipinski definition) is 3. The van der Waals surface area contributed by atoms with Gasteiger partial charge in [0.2, 0.25) is 0 Å².